The molecule has 0 saturated heterocycles. The van der Waals surface area contributed by atoms with Gasteiger partial charge in [0, 0.05) is 51.7 Å². The molecule has 0 unspecified atom stereocenters. The lowest BCUT2D eigenvalue weighted by Gasteiger charge is -2.45. The summed E-state index contributed by atoms with van der Waals surface area (Å²) < 4.78 is 13.0. The van der Waals surface area contributed by atoms with Crippen molar-refractivity contribution in [3.05, 3.63) is 223 Å². The lowest BCUT2D eigenvalue weighted by Crippen LogP contribution is -2.38. The Hall–Kier alpha value is -8.16. The highest BCUT2D eigenvalue weighted by molar-refractivity contribution is 5.98. The van der Waals surface area contributed by atoms with Crippen molar-refractivity contribution in [2.45, 2.75) is 5.41 Å². The molecule has 0 N–H and O–H groups in total. The fraction of sp³-hybridized carbons (Fsp3) is 0.0189. The topological polar surface area (TPSA) is 54.0 Å². The average molecular weight is 772 g/mol. The van der Waals surface area contributed by atoms with Crippen LogP contribution < -0.4 is 24.2 Å². The summed E-state index contributed by atoms with van der Waals surface area (Å²) >= 11 is 0. The maximum Gasteiger partial charge on any atom is 0.151 e. The van der Waals surface area contributed by atoms with Gasteiger partial charge in [0.05, 0.1) is 45.5 Å². The predicted molar refractivity (Wildman–Crippen MR) is 237 cm³/mol. The predicted octanol–water partition coefficient (Wildman–Crippen LogP) is 13.8. The highest BCUT2D eigenvalue weighted by Gasteiger charge is 2.55. The molecule has 282 valence electrons. The minimum Gasteiger partial charge on any atom is -0.453 e. The first kappa shape index (κ1) is 32.9. The van der Waals surface area contributed by atoms with Crippen LogP contribution in [0.2, 0.25) is 0 Å². The fourth-order valence-electron chi connectivity index (χ4n) is 9.88. The molecular formula is C53H33N5O2. The van der Waals surface area contributed by atoms with Gasteiger partial charge in [0.1, 0.15) is 5.41 Å². The summed E-state index contributed by atoms with van der Waals surface area (Å²) in [6, 6.07) is 65.8. The van der Waals surface area contributed by atoms with E-state index in [2.05, 4.69) is 142 Å². The maximum atomic E-state index is 6.49. The second kappa shape index (κ2) is 12.4. The number of aromatic nitrogens is 2. The quantitative estimate of drug-likeness (QED) is 0.177. The lowest BCUT2D eigenvalue weighted by molar-refractivity contribution is 0.477. The molecule has 4 aliphatic rings. The second-order valence-corrected chi connectivity index (χ2v) is 15.4. The molecule has 7 nitrogen and oxygen atoms in total. The van der Waals surface area contributed by atoms with Crippen LogP contribution in [0.15, 0.2) is 200 Å². The number of benzene rings is 7. The molecule has 9 aromatic rings. The number of fused-ring (bicyclic) bond motifs is 13. The van der Waals surface area contributed by atoms with Gasteiger partial charge in [0.2, 0.25) is 0 Å². The van der Waals surface area contributed by atoms with Gasteiger partial charge in [-0.15, -0.1) is 0 Å². The van der Waals surface area contributed by atoms with Gasteiger partial charge in [-0.2, -0.15) is 0 Å². The molecule has 0 amide bonds. The van der Waals surface area contributed by atoms with Crippen molar-refractivity contribution in [2.24, 2.45) is 0 Å². The number of ether oxygens (including phenoxy) is 2. The average Bonchev–Trinajstić information content (AvgIpc) is 3.61. The highest BCUT2D eigenvalue weighted by Crippen LogP contribution is 2.64. The van der Waals surface area contributed by atoms with Gasteiger partial charge in [-0.3, -0.25) is 9.97 Å². The van der Waals surface area contributed by atoms with Crippen LogP contribution in [-0.2, 0) is 5.41 Å². The van der Waals surface area contributed by atoms with E-state index < -0.39 is 5.41 Å². The molecule has 0 bridgehead atoms. The number of rotatable bonds is 3. The van der Waals surface area contributed by atoms with Crippen LogP contribution >= 0.6 is 0 Å². The van der Waals surface area contributed by atoms with Crippen molar-refractivity contribution in [2.75, 3.05) is 14.7 Å². The molecule has 60 heavy (non-hydrogen) atoms. The van der Waals surface area contributed by atoms with Crippen LogP contribution in [0.3, 0.4) is 0 Å². The summed E-state index contributed by atoms with van der Waals surface area (Å²) in [6.45, 7) is 0. The second-order valence-electron chi connectivity index (χ2n) is 15.4. The fourth-order valence-corrected chi connectivity index (χ4v) is 9.88. The van der Waals surface area contributed by atoms with Gasteiger partial charge in [0.15, 0.2) is 23.0 Å². The van der Waals surface area contributed by atoms with E-state index in [1.165, 1.54) is 0 Å². The van der Waals surface area contributed by atoms with Crippen LogP contribution in [0.1, 0.15) is 22.5 Å². The monoisotopic (exact) mass is 771 g/mol. The van der Waals surface area contributed by atoms with E-state index in [4.69, 9.17) is 19.4 Å². The first-order valence-electron chi connectivity index (χ1n) is 20.1. The normalized spacial score (nSPS) is 14.3. The number of pyridine rings is 2. The van der Waals surface area contributed by atoms with Crippen molar-refractivity contribution >= 4 is 51.2 Å². The summed E-state index contributed by atoms with van der Waals surface area (Å²) in [5, 5.41) is 0. The molecule has 1 spiro atoms. The minimum atomic E-state index is -0.911. The van der Waals surface area contributed by atoms with E-state index in [9.17, 15) is 0 Å². The molecule has 13 rings (SSSR count). The van der Waals surface area contributed by atoms with E-state index in [0.717, 1.165) is 108 Å². The molecule has 0 radical (unpaired) electrons. The van der Waals surface area contributed by atoms with Crippen molar-refractivity contribution in [3.63, 3.8) is 0 Å². The number of hydrogen-bond acceptors (Lipinski definition) is 7. The molecule has 0 fully saturated rings. The van der Waals surface area contributed by atoms with Crippen LogP contribution in [0.25, 0.3) is 11.1 Å². The molecule has 0 atom stereocenters. The number of nitrogens with zero attached hydrogens (tertiary/aromatic N) is 5. The first-order valence-corrected chi connectivity index (χ1v) is 20.1. The largest absolute Gasteiger partial charge is 0.453 e. The van der Waals surface area contributed by atoms with E-state index >= 15 is 0 Å². The van der Waals surface area contributed by atoms with Crippen LogP contribution in [0, 0.1) is 0 Å². The summed E-state index contributed by atoms with van der Waals surface area (Å²) in [5.74, 6) is 3.21. The number of para-hydroxylation sites is 9. The highest BCUT2D eigenvalue weighted by atomic mass is 16.5. The van der Waals surface area contributed by atoms with E-state index in [0.29, 0.717) is 0 Å². The summed E-state index contributed by atoms with van der Waals surface area (Å²) in [7, 11) is 0. The van der Waals surface area contributed by atoms with E-state index in [1.54, 1.807) is 0 Å². The molecule has 3 aliphatic heterocycles. The zero-order valence-electron chi connectivity index (χ0n) is 32.1. The minimum absolute atomic E-state index is 0.801. The van der Waals surface area contributed by atoms with Crippen molar-refractivity contribution in [1.29, 1.82) is 0 Å². The third-order valence-corrected chi connectivity index (χ3v) is 12.3. The molecule has 2 aromatic heterocycles. The van der Waals surface area contributed by atoms with E-state index in [-0.39, 0.29) is 0 Å². The Morgan fingerprint density at radius 3 is 1.15 bits per heavy atom. The Balaban J connectivity index is 1.15. The van der Waals surface area contributed by atoms with Crippen LogP contribution in [0.5, 0.6) is 23.0 Å². The molecule has 7 aromatic carbocycles. The third kappa shape index (κ3) is 4.43. The summed E-state index contributed by atoms with van der Waals surface area (Å²) in [6.07, 6.45) is 3.85. The number of hydrogen-bond donors (Lipinski definition) is 0. The van der Waals surface area contributed by atoms with Gasteiger partial charge < -0.3 is 24.2 Å². The van der Waals surface area contributed by atoms with Gasteiger partial charge in [-0.25, -0.2) is 0 Å². The Labute approximate surface area is 346 Å². The van der Waals surface area contributed by atoms with Gasteiger partial charge in [-0.05, 0) is 109 Å². The maximum absolute atomic E-state index is 6.49. The summed E-state index contributed by atoms with van der Waals surface area (Å²) in [5.41, 5.74) is 14.3. The first-order chi connectivity index (χ1) is 29.8. The molecule has 7 heteroatoms. The lowest BCUT2D eigenvalue weighted by atomic mass is 9.67. The molecule has 5 heterocycles. The Morgan fingerprint density at radius 1 is 0.333 bits per heavy atom. The van der Waals surface area contributed by atoms with Gasteiger partial charge in [-0.1, -0.05) is 78.9 Å². The molecular weight excluding hydrogens is 739 g/mol. The van der Waals surface area contributed by atoms with Crippen LogP contribution in [0.4, 0.5) is 51.2 Å². The Bertz CT molecular complexity index is 2930. The van der Waals surface area contributed by atoms with Crippen molar-refractivity contribution in [1.82, 2.24) is 9.97 Å². The summed E-state index contributed by atoms with van der Waals surface area (Å²) in [4.78, 5) is 17.7. The van der Waals surface area contributed by atoms with Crippen LogP contribution in [-0.4, -0.2) is 9.97 Å². The molecule has 0 saturated carbocycles. The Kier molecular flexibility index (Phi) is 6.81. The Morgan fingerprint density at radius 2 is 0.717 bits per heavy atom. The van der Waals surface area contributed by atoms with E-state index in [1.807, 2.05) is 73.1 Å². The third-order valence-electron chi connectivity index (χ3n) is 12.3. The zero-order chi connectivity index (χ0) is 39.4. The van der Waals surface area contributed by atoms with Gasteiger partial charge in [0.25, 0.3) is 0 Å². The van der Waals surface area contributed by atoms with Crippen molar-refractivity contribution in [3.8, 4) is 34.1 Å². The van der Waals surface area contributed by atoms with Gasteiger partial charge >= 0.3 is 0 Å². The SMILES string of the molecule is c1ccc(N2c3ccc(N4c5ccccc5Oc5ccccc54)cc3C3(c4cc(N5c6ccccc6Oc6ccccc65)ccc42)c2ncccc2-c2cccnc23)cc1. The van der Waals surface area contributed by atoms with Crippen molar-refractivity contribution < 1.29 is 9.47 Å². The number of anilines is 9. The standard InChI is InChI=1S/C53H33N5O2/c1-2-14-34(15-3-1)56-41-28-26-35(57-43-18-4-8-22-47(43)59-48-23-9-5-19-44(48)57)32-39(41)53(51-37(16-12-30-54-51)38-17-13-31-55-52(38)53)40-33-36(27-29-42(40)56)58-45-20-6-10-24-49(45)60-50-25-11-7-21-46(50)58/h1-33H. The molecule has 1 aliphatic carbocycles. The smallest absolute Gasteiger partial charge is 0.151 e. The zero-order valence-corrected chi connectivity index (χ0v) is 32.1.